The largest absolute Gasteiger partial charge is 0.377 e. The van der Waals surface area contributed by atoms with E-state index in [9.17, 15) is 8.42 Å². The number of thiophene rings is 1. The highest BCUT2D eigenvalue weighted by Gasteiger charge is 2.39. The number of nitrogens with one attached hydrogen (secondary N) is 1. The number of fused-ring (bicyclic) bond motifs is 3. The number of piperazine rings is 1. The van der Waals surface area contributed by atoms with Gasteiger partial charge in [-0.05, 0) is 58.7 Å². The Bertz CT molecular complexity index is 1560. The molecule has 3 aliphatic rings. The molecule has 0 saturated carbocycles. The summed E-state index contributed by atoms with van der Waals surface area (Å²) in [6.45, 7) is 2.30. The molecular formula is C33H33N3O2S2. The summed E-state index contributed by atoms with van der Waals surface area (Å²) in [5.74, 6) is 0.633. The van der Waals surface area contributed by atoms with E-state index in [-0.39, 0.29) is 18.0 Å². The summed E-state index contributed by atoms with van der Waals surface area (Å²) in [6, 6.07) is 31.4. The average Bonchev–Trinajstić information content (AvgIpc) is 3.72. The van der Waals surface area contributed by atoms with Crippen LogP contribution in [0, 0.1) is 5.92 Å². The monoisotopic (exact) mass is 567 g/mol. The Kier molecular flexibility index (Phi) is 6.84. The Morgan fingerprint density at radius 2 is 1.52 bits per heavy atom. The molecule has 0 spiro atoms. The van der Waals surface area contributed by atoms with Gasteiger partial charge in [0.1, 0.15) is 0 Å². The summed E-state index contributed by atoms with van der Waals surface area (Å²) in [4.78, 5) is 4.15. The summed E-state index contributed by atoms with van der Waals surface area (Å²) in [7, 11) is -3.60. The molecule has 0 amide bonds. The topological polar surface area (TPSA) is 52.7 Å². The third-order valence-electron chi connectivity index (χ3n) is 8.69. The van der Waals surface area contributed by atoms with E-state index in [4.69, 9.17) is 0 Å². The summed E-state index contributed by atoms with van der Waals surface area (Å²) in [6.07, 6.45) is 5.53. The standard InChI is InChI=1S/C33H33N3O2S2/c37-40(38,26-16-17-30-29(23-26)27-13-7-14-28(27)32(34-30)31-15-8-22-39-31)36-20-18-35(19-21-36)33(24-9-3-1-4-10-24)25-11-5-2-6-12-25/h1-13,15-17,22-23,27-28,32-34H,14,18-21H2. The lowest BCUT2D eigenvalue weighted by Crippen LogP contribution is -2.49. The zero-order valence-corrected chi connectivity index (χ0v) is 23.9. The predicted molar refractivity (Wildman–Crippen MR) is 162 cm³/mol. The molecule has 0 bridgehead atoms. The number of anilines is 1. The van der Waals surface area contributed by atoms with E-state index in [0.29, 0.717) is 37.0 Å². The lowest BCUT2D eigenvalue weighted by Gasteiger charge is -2.39. The van der Waals surface area contributed by atoms with Gasteiger partial charge in [0.25, 0.3) is 0 Å². The minimum atomic E-state index is -3.60. The van der Waals surface area contributed by atoms with Crippen LogP contribution in [-0.2, 0) is 10.0 Å². The van der Waals surface area contributed by atoms with E-state index in [2.05, 4.69) is 88.4 Å². The molecule has 1 fully saturated rings. The molecule has 1 saturated heterocycles. The summed E-state index contributed by atoms with van der Waals surface area (Å²) in [5.41, 5.74) is 4.60. The SMILES string of the molecule is O=S(=O)(c1ccc2c(c1)C1C=CCC1C(c1cccs1)N2)N1CCN(C(c2ccccc2)c2ccccc2)CC1. The predicted octanol–water partition coefficient (Wildman–Crippen LogP) is 6.67. The zero-order chi connectivity index (χ0) is 27.1. The highest BCUT2D eigenvalue weighted by atomic mass is 32.2. The second kappa shape index (κ2) is 10.6. The van der Waals surface area contributed by atoms with Crippen molar-refractivity contribution in [3.63, 3.8) is 0 Å². The molecule has 1 aromatic heterocycles. The van der Waals surface area contributed by atoms with Crippen molar-refractivity contribution in [1.29, 1.82) is 0 Å². The molecule has 7 rings (SSSR count). The summed E-state index contributed by atoms with van der Waals surface area (Å²) >= 11 is 1.78. The van der Waals surface area contributed by atoms with Gasteiger partial charge in [0.15, 0.2) is 0 Å². The Labute approximate surface area is 240 Å². The van der Waals surface area contributed by atoms with E-state index in [0.717, 1.165) is 17.7 Å². The number of hydrogen-bond donors (Lipinski definition) is 1. The molecule has 204 valence electrons. The van der Waals surface area contributed by atoms with Gasteiger partial charge in [-0.1, -0.05) is 78.9 Å². The molecule has 2 aliphatic heterocycles. The van der Waals surface area contributed by atoms with E-state index in [1.807, 2.05) is 24.3 Å². The van der Waals surface area contributed by atoms with Crippen molar-refractivity contribution in [2.75, 3.05) is 31.5 Å². The maximum atomic E-state index is 13.9. The van der Waals surface area contributed by atoms with Crippen LogP contribution in [-0.4, -0.2) is 43.8 Å². The van der Waals surface area contributed by atoms with Crippen molar-refractivity contribution in [3.05, 3.63) is 130 Å². The van der Waals surface area contributed by atoms with E-state index in [1.54, 1.807) is 21.7 Å². The van der Waals surface area contributed by atoms with Gasteiger partial charge < -0.3 is 5.32 Å². The van der Waals surface area contributed by atoms with Crippen molar-refractivity contribution in [2.45, 2.75) is 29.3 Å². The highest BCUT2D eigenvalue weighted by molar-refractivity contribution is 7.89. The molecule has 1 aliphatic carbocycles. The van der Waals surface area contributed by atoms with Crippen LogP contribution in [0.15, 0.2) is 113 Å². The number of rotatable bonds is 6. The molecular weight excluding hydrogens is 535 g/mol. The third kappa shape index (κ3) is 4.61. The summed E-state index contributed by atoms with van der Waals surface area (Å²) < 4.78 is 29.5. The van der Waals surface area contributed by atoms with E-state index in [1.165, 1.54) is 16.0 Å². The minimum absolute atomic E-state index is 0.101. The molecule has 0 radical (unpaired) electrons. The number of hydrogen-bond acceptors (Lipinski definition) is 5. The lowest BCUT2D eigenvalue weighted by molar-refractivity contribution is 0.156. The molecule has 3 unspecified atom stereocenters. The van der Waals surface area contributed by atoms with Crippen LogP contribution in [0.2, 0.25) is 0 Å². The Hall–Kier alpha value is -3.23. The quantitative estimate of drug-likeness (QED) is 0.265. The van der Waals surface area contributed by atoms with Gasteiger partial charge in [0.2, 0.25) is 10.0 Å². The van der Waals surface area contributed by atoms with Gasteiger partial charge in [-0.25, -0.2) is 8.42 Å². The molecule has 3 aromatic carbocycles. The summed E-state index contributed by atoms with van der Waals surface area (Å²) in [5, 5.41) is 5.86. The second-order valence-corrected chi connectivity index (χ2v) is 13.8. The number of sulfonamides is 1. The molecule has 3 heterocycles. The van der Waals surface area contributed by atoms with Crippen molar-refractivity contribution in [1.82, 2.24) is 9.21 Å². The molecule has 7 heteroatoms. The van der Waals surface area contributed by atoms with Crippen molar-refractivity contribution in [3.8, 4) is 0 Å². The highest BCUT2D eigenvalue weighted by Crippen LogP contribution is 2.51. The third-order valence-corrected chi connectivity index (χ3v) is 11.5. The zero-order valence-electron chi connectivity index (χ0n) is 22.3. The fourth-order valence-corrected chi connectivity index (χ4v) is 9.03. The van der Waals surface area contributed by atoms with Crippen LogP contribution < -0.4 is 5.32 Å². The molecule has 3 atom stereocenters. The molecule has 4 aromatic rings. The van der Waals surface area contributed by atoms with Gasteiger partial charge in [-0.3, -0.25) is 4.90 Å². The smallest absolute Gasteiger partial charge is 0.243 e. The van der Waals surface area contributed by atoms with Crippen molar-refractivity contribution >= 4 is 27.0 Å². The first-order valence-electron chi connectivity index (χ1n) is 14.0. The number of allylic oxidation sites excluding steroid dienone is 2. The maximum Gasteiger partial charge on any atom is 0.243 e. The van der Waals surface area contributed by atoms with Crippen molar-refractivity contribution in [2.24, 2.45) is 5.92 Å². The van der Waals surface area contributed by atoms with Gasteiger partial charge >= 0.3 is 0 Å². The Morgan fingerprint density at radius 1 is 0.825 bits per heavy atom. The van der Waals surface area contributed by atoms with Gasteiger partial charge in [-0.2, -0.15) is 4.31 Å². The average molecular weight is 568 g/mol. The van der Waals surface area contributed by atoms with Gasteiger partial charge in [-0.15, -0.1) is 11.3 Å². The maximum absolute atomic E-state index is 13.9. The van der Waals surface area contributed by atoms with Crippen LogP contribution in [0.1, 0.15) is 46.0 Å². The van der Waals surface area contributed by atoms with Crippen LogP contribution in [0.3, 0.4) is 0 Å². The molecule has 40 heavy (non-hydrogen) atoms. The van der Waals surface area contributed by atoms with Crippen LogP contribution in [0.25, 0.3) is 0 Å². The first-order valence-corrected chi connectivity index (χ1v) is 16.4. The van der Waals surface area contributed by atoms with Crippen LogP contribution in [0.4, 0.5) is 5.69 Å². The minimum Gasteiger partial charge on any atom is -0.377 e. The normalized spacial score (nSPS) is 23.1. The molecule has 5 nitrogen and oxygen atoms in total. The fourth-order valence-electron chi connectivity index (χ4n) is 6.72. The lowest BCUT2D eigenvalue weighted by atomic mass is 9.79. The molecule has 1 N–H and O–H groups in total. The first kappa shape index (κ1) is 25.7. The fraction of sp³-hybridized carbons (Fsp3) is 0.273. The van der Waals surface area contributed by atoms with Crippen LogP contribution >= 0.6 is 11.3 Å². The van der Waals surface area contributed by atoms with E-state index < -0.39 is 10.0 Å². The van der Waals surface area contributed by atoms with Crippen molar-refractivity contribution < 1.29 is 8.42 Å². The Balaban J connectivity index is 1.12. The second-order valence-electron chi connectivity index (χ2n) is 10.9. The number of benzene rings is 3. The van der Waals surface area contributed by atoms with Crippen LogP contribution in [0.5, 0.6) is 0 Å². The Morgan fingerprint density at radius 3 is 2.17 bits per heavy atom. The first-order chi connectivity index (χ1) is 19.6. The van der Waals surface area contributed by atoms with E-state index >= 15 is 0 Å². The number of nitrogens with zero attached hydrogens (tertiary/aromatic N) is 2. The van der Waals surface area contributed by atoms with Gasteiger partial charge in [0.05, 0.1) is 17.0 Å². The van der Waals surface area contributed by atoms with Gasteiger partial charge in [0, 0.05) is 42.7 Å².